The SMILES string of the molecule is COC(=O)C(C)Sc1ccc(CN)cc1. The molecule has 0 amide bonds. The van der Waals surface area contributed by atoms with E-state index >= 15 is 0 Å². The van der Waals surface area contributed by atoms with Crippen LogP contribution in [0.5, 0.6) is 0 Å². The Hall–Kier alpha value is -1.00. The molecule has 4 heteroatoms. The second kappa shape index (κ2) is 5.78. The van der Waals surface area contributed by atoms with Crippen molar-refractivity contribution in [2.24, 2.45) is 5.73 Å². The van der Waals surface area contributed by atoms with E-state index in [0.29, 0.717) is 6.54 Å². The van der Waals surface area contributed by atoms with Crippen molar-refractivity contribution in [3.63, 3.8) is 0 Å². The van der Waals surface area contributed by atoms with Crippen LogP contribution >= 0.6 is 11.8 Å². The normalized spacial score (nSPS) is 12.2. The van der Waals surface area contributed by atoms with E-state index in [9.17, 15) is 4.79 Å². The van der Waals surface area contributed by atoms with Gasteiger partial charge in [0.2, 0.25) is 0 Å². The van der Waals surface area contributed by atoms with Crippen LogP contribution in [-0.2, 0) is 16.1 Å². The van der Waals surface area contributed by atoms with E-state index in [0.717, 1.165) is 10.5 Å². The smallest absolute Gasteiger partial charge is 0.318 e. The summed E-state index contributed by atoms with van der Waals surface area (Å²) in [6.45, 7) is 2.37. The lowest BCUT2D eigenvalue weighted by Gasteiger charge is -2.08. The number of benzene rings is 1. The quantitative estimate of drug-likeness (QED) is 0.627. The van der Waals surface area contributed by atoms with Gasteiger partial charge in [-0.1, -0.05) is 12.1 Å². The summed E-state index contributed by atoms with van der Waals surface area (Å²) in [5.74, 6) is -0.206. The molecule has 2 N–H and O–H groups in total. The molecular formula is C11H15NO2S. The molecule has 1 atom stereocenters. The minimum absolute atomic E-state index is 0.182. The minimum Gasteiger partial charge on any atom is -0.468 e. The zero-order valence-electron chi connectivity index (χ0n) is 8.90. The maximum Gasteiger partial charge on any atom is 0.318 e. The summed E-state index contributed by atoms with van der Waals surface area (Å²) < 4.78 is 4.65. The first kappa shape index (κ1) is 12.1. The summed E-state index contributed by atoms with van der Waals surface area (Å²) in [6, 6.07) is 7.86. The highest BCUT2D eigenvalue weighted by molar-refractivity contribution is 8.00. The number of hydrogen-bond donors (Lipinski definition) is 1. The molecule has 0 heterocycles. The van der Waals surface area contributed by atoms with Crippen molar-refractivity contribution in [3.8, 4) is 0 Å². The summed E-state index contributed by atoms with van der Waals surface area (Å²) in [5, 5.41) is -0.182. The zero-order valence-corrected chi connectivity index (χ0v) is 9.71. The van der Waals surface area contributed by atoms with E-state index in [1.54, 1.807) is 0 Å². The van der Waals surface area contributed by atoms with Crippen molar-refractivity contribution in [3.05, 3.63) is 29.8 Å². The second-order valence-corrected chi connectivity index (χ2v) is 4.55. The summed E-state index contributed by atoms with van der Waals surface area (Å²) >= 11 is 1.48. The summed E-state index contributed by atoms with van der Waals surface area (Å²) in [5.41, 5.74) is 6.58. The van der Waals surface area contributed by atoms with Crippen molar-refractivity contribution in [2.45, 2.75) is 23.6 Å². The molecule has 0 radical (unpaired) electrons. The Morgan fingerprint density at radius 3 is 2.53 bits per heavy atom. The summed E-state index contributed by atoms with van der Waals surface area (Å²) in [4.78, 5) is 12.2. The van der Waals surface area contributed by atoms with Gasteiger partial charge in [-0.15, -0.1) is 11.8 Å². The largest absolute Gasteiger partial charge is 0.468 e. The Kier molecular flexibility index (Phi) is 4.65. The molecule has 0 aromatic heterocycles. The Bertz CT molecular complexity index is 324. The van der Waals surface area contributed by atoms with Crippen LogP contribution < -0.4 is 5.73 Å². The van der Waals surface area contributed by atoms with E-state index in [1.807, 2.05) is 31.2 Å². The highest BCUT2D eigenvalue weighted by atomic mass is 32.2. The lowest BCUT2D eigenvalue weighted by Crippen LogP contribution is -2.14. The zero-order chi connectivity index (χ0) is 11.3. The van der Waals surface area contributed by atoms with Crippen molar-refractivity contribution < 1.29 is 9.53 Å². The number of rotatable bonds is 4. The van der Waals surface area contributed by atoms with Crippen LogP contribution in [0.3, 0.4) is 0 Å². The Morgan fingerprint density at radius 1 is 1.47 bits per heavy atom. The van der Waals surface area contributed by atoms with Gasteiger partial charge in [0.1, 0.15) is 5.25 Å². The first-order chi connectivity index (χ1) is 7.17. The first-order valence-electron chi connectivity index (χ1n) is 4.71. The molecule has 1 aromatic carbocycles. The average Bonchev–Trinajstić information content (AvgIpc) is 2.29. The fourth-order valence-electron chi connectivity index (χ4n) is 1.12. The Balaban J connectivity index is 2.60. The highest BCUT2D eigenvalue weighted by Crippen LogP contribution is 2.23. The molecule has 0 spiro atoms. The van der Waals surface area contributed by atoms with Crippen molar-refractivity contribution in [2.75, 3.05) is 7.11 Å². The molecule has 0 aliphatic carbocycles. The van der Waals surface area contributed by atoms with Crippen LogP contribution in [0.4, 0.5) is 0 Å². The number of methoxy groups -OCH3 is 1. The predicted molar refractivity (Wildman–Crippen MR) is 61.7 cm³/mol. The molecule has 0 aliphatic rings. The van der Waals surface area contributed by atoms with E-state index in [1.165, 1.54) is 18.9 Å². The third kappa shape index (κ3) is 3.57. The van der Waals surface area contributed by atoms with Gasteiger partial charge in [-0.2, -0.15) is 0 Å². The lowest BCUT2D eigenvalue weighted by atomic mass is 10.2. The molecule has 3 nitrogen and oxygen atoms in total. The van der Waals surface area contributed by atoms with Gasteiger partial charge in [0.15, 0.2) is 0 Å². The second-order valence-electron chi connectivity index (χ2n) is 3.13. The monoisotopic (exact) mass is 225 g/mol. The van der Waals surface area contributed by atoms with Crippen LogP contribution in [0.25, 0.3) is 0 Å². The van der Waals surface area contributed by atoms with Gasteiger partial charge in [0.25, 0.3) is 0 Å². The van der Waals surface area contributed by atoms with Gasteiger partial charge in [-0.25, -0.2) is 0 Å². The van der Waals surface area contributed by atoms with Gasteiger partial charge < -0.3 is 10.5 Å². The summed E-state index contributed by atoms with van der Waals surface area (Å²) in [6.07, 6.45) is 0. The number of hydrogen-bond acceptors (Lipinski definition) is 4. The molecule has 0 aliphatic heterocycles. The number of thioether (sulfide) groups is 1. The summed E-state index contributed by atoms with van der Waals surface area (Å²) in [7, 11) is 1.40. The number of carbonyl (C=O) groups is 1. The van der Waals surface area contributed by atoms with Gasteiger partial charge >= 0.3 is 5.97 Å². The molecule has 1 aromatic rings. The number of nitrogens with two attached hydrogens (primary N) is 1. The lowest BCUT2D eigenvalue weighted by molar-refractivity contribution is -0.139. The van der Waals surface area contributed by atoms with E-state index in [2.05, 4.69) is 4.74 Å². The van der Waals surface area contributed by atoms with Crippen LogP contribution in [-0.4, -0.2) is 18.3 Å². The minimum atomic E-state index is -0.206. The molecule has 1 unspecified atom stereocenters. The molecule has 15 heavy (non-hydrogen) atoms. The van der Waals surface area contributed by atoms with E-state index in [-0.39, 0.29) is 11.2 Å². The Morgan fingerprint density at radius 2 is 2.07 bits per heavy atom. The fraction of sp³-hybridized carbons (Fsp3) is 0.364. The molecule has 1 rings (SSSR count). The fourth-order valence-corrected chi connectivity index (χ4v) is 2.02. The molecule has 0 saturated heterocycles. The molecular weight excluding hydrogens is 210 g/mol. The highest BCUT2D eigenvalue weighted by Gasteiger charge is 2.13. The van der Waals surface area contributed by atoms with E-state index < -0.39 is 0 Å². The number of esters is 1. The van der Waals surface area contributed by atoms with Gasteiger partial charge in [-0.05, 0) is 24.6 Å². The number of ether oxygens (including phenoxy) is 1. The van der Waals surface area contributed by atoms with Crippen molar-refractivity contribution in [1.82, 2.24) is 0 Å². The molecule has 0 fully saturated rings. The van der Waals surface area contributed by atoms with Gasteiger partial charge in [-0.3, -0.25) is 4.79 Å². The third-order valence-electron chi connectivity index (χ3n) is 2.01. The van der Waals surface area contributed by atoms with Crippen LogP contribution in [0.1, 0.15) is 12.5 Å². The topological polar surface area (TPSA) is 52.3 Å². The molecule has 0 bridgehead atoms. The number of carbonyl (C=O) groups excluding carboxylic acids is 1. The standard InChI is InChI=1S/C11H15NO2S/c1-8(11(13)14-2)15-10-5-3-9(7-12)4-6-10/h3-6,8H,7,12H2,1-2H3. The average molecular weight is 225 g/mol. The van der Waals surface area contributed by atoms with Gasteiger partial charge in [0.05, 0.1) is 7.11 Å². The Labute approximate surface area is 94.0 Å². The predicted octanol–water partition coefficient (Wildman–Crippen LogP) is 1.80. The van der Waals surface area contributed by atoms with Crippen LogP contribution in [0.15, 0.2) is 29.2 Å². The van der Waals surface area contributed by atoms with Crippen LogP contribution in [0.2, 0.25) is 0 Å². The van der Waals surface area contributed by atoms with Crippen LogP contribution in [0, 0.1) is 0 Å². The van der Waals surface area contributed by atoms with Gasteiger partial charge in [0, 0.05) is 11.4 Å². The maximum absolute atomic E-state index is 11.2. The van der Waals surface area contributed by atoms with Crippen molar-refractivity contribution in [1.29, 1.82) is 0 Å². The first-order valence-corrected chi connectivity index (χ1v) is 5.59. The van der Waals surface area contributed by atoms with E-state index in [4.69, 9.17) is 5.73 Å². The van der Waals surface area contributed by atoms with Crippen molar-refractivity contribution >= 4 is 17.7 Å². The molecule has 0 saturated carbocycles. The molecule has 82 valence electrons. The third-order valence-corrected chi connectivity index (χ3v) is 3.10. The maximum atomic E-state index is 11.2.